The van der Waals surface area contributed by atoms with Gasteiger partial charge in [0.25, 0.3) is 5.91 Å². The summed E-state index contributed by atoms with van der Waals surface area (Å²) in [4.78, 5) is 14.6. The normalized spacial score (nSPS) is 12.2. The van der Waals surface area contributed by atoms with Crippen molar-refractivity contribution in [2.75, 3.05) is 6.61 Å². The zero-order chi connectivity index (χ0) is 12.1. The molecule has 0 bridgehead atoms. The monoisotopic (exact) mass is 230 g/mol. The van der Waals surface area contributed by atoms with Crippen molar-refractivity contribution in [2.45, 2.75) is 19.4 Å². The average molecular weight is 230 g/mol. The van der Waals surface area contributed by atoms with Crippen LogP contribution in [0.25, 0.3) is 0 Å². The standard InChI is InChI=1S/C10H12F2N2O2/c1-2-6(5-15)14-10(16)7-3-4-13-9(12)8(7)11/h3-4,6,15H,2,5H2,1H3,(H,14,16)/t6-/m0/s1. The molecule has 0 fully saturated rings. The summed E-state index contributed by atoms with van der Waals surface area (Å²) >= 11 is 0. The SMILES string of the molecule is CC[C@@H](CO)NC(=O)c1ccnc(F)c1F. The Kier molecular flexibility index (Phi) is 4.30. The summed E-state index contributed by atoms with van der Waals surface area (Å²) in [5.41, 5.74) is -0.417. The zero-order valence-corrected chi connectivity index (χ0v) is 8.70. The molecule has 0 saturated carbocycles. The van der Waals surface area contributed by atoms with Crippen LogP contribution in [0.5, 0.6) is 0 Å². The molecule has 6 heteroatoms. The van der Waals surface area contributed by atoms with Crippen LogP contribution in [0.1, 0.15) is 23.7 Å². The molecule has 4 nitrogen and oxygen atoms in total. The fourth-order valence-corrected chi connectivity index (χ4v) is 1.13. The number of aromatic nitrogens is 1. The molecule has 0 unspecified atom stereocenters. The van der Waals surface area contributed by atoms with E-state index in [0.717, 1.165) is 12.3 Å². The molecule has 0 saturated heterocycles. The van der Waals surface area contributed by atoms with Crippen LogP contribution in [0.4, 0.5) is 8.78 Å². The minimum absolute atomic E-state index is 0.253. The first-order valence-corrected chi connectivity index (χ1v) is 4.81. The molecule has 1 aromatic rings. The van der Waals surface area contributed by atoms with Crippen LogP contribution in [0.2, 0.25) is 0 Å². The van der Waals surface area contributed by atoms with Gasteiger partial charge in [-0.1, -0.05) is 6.92 Å². The van der Waals surface area contributed by atoms with Gasteiger partial charge in [-0.05, 0) is 12.5 Å². The van der Waals surface area contributed by atoms with Gasteiger partial charge in [0.15, 0.2) is 5.82 Å². The third kappa shape index (κ3) is 2.73. The molecule has 88 valence electrons. The highest BCUT2D eigenvalue weighted by atomic mass is 19.2. The largest absolute Gasteiger partial charge is 0.394 e. The minimum Gasteiger partial charge on any atom is -0.394 e. The Bertz CT molecular complexity index is 381. The van der Waals surface area contributed by atoms with Crippen LogP contribution < -0.4 is 5.32 Å². The van der Waals surface area contributed by atoms with E-state index in [-0.39, 0.29) is 6.61 Å². The molecule has 1 aromatic heterocycles. The molecule has 1 heterocycles. The van der Waals surface area contributed by atoms with Crippen LogP contribution in [-0.2, 0) is 0 Å². The van der Waals surface area contributed by atoms with Gasteiger partial charge in [0.1, 0.15) is 0 Å². The Morgan fingerprint density at radius 3 is 2.88 bits per heavy atom. The molecule has 1 amide bonds. The second kappa shape index (κ2) is 5.50. The van der Waals surface area contributed by atoms with Gasteiger partial charge < -0.3 is 10.4 Å². The van der Waals surface area contributed by atoms with Gasteiger partial charge in [-0.25, -0.2) is 9.37 Å². The van der Waals surface area contributed by atoms with Gasteiger partial charge in [0.2, 0.25) is 5.95 Å². The van der Waals surface area contributed by atoms with Crippen molar-refractivity contribution < 1.29 is 18.7 Å². The van der Waals surface area contributed by atoms with Crippen molar-refractivity contribution in [2.24, 2.45) is 0 Å². The molecule has 0 radical (unpaired) electrons. The van der Waals surface area contributed by atoms with Crippen molar-refractivity contribution >= 4 is 5.91 Å². The summed E-state index contributed by atoms with van der Waals surface area (Å²) in [6.45, 7) is 1.50. The van der Waals surface area contributed by atoms with Crippen LogP contribution in [-0.4, -0.2) is 28.6 Å². The number of carbonyl (C=O) groups is 1. The summed E-state index contributed by atoms with van der Waals surface area (Å²) in [5, 5.41) is 11.2. The topological polar surface area (TPSA) is 62.2 Å². The van der Waals surface area contributed by atoms with Crippen molar-refractivity contribution in [3.05, 3.63) is 29.6 Å². The van der Waals surface area contributed by atoms with Gasteiger partial charge in [0, 0.05) is 6.20 Å². The fourth-order valence-electron chi connectivity index (χ4n) is 1.13. The average Bonchev–Trinajstić information content (AvgIpc) is 2.29. The number of hydrogen-bond acceptors (Lipinski definition) is 3. The van der Waals surface area contributed by atoms with Crippen molar-refractivity contribution in [3.63, 3.8) is 0 Å². The number of halogens is 2. The number of aliphatic hydroxyl groups excluding tert-OH is 1. The smallest absolute Gasteiger partial charge is 0.254 e. The first-order chi connectivity index (χ1) is 7.60. The van der Waals surface area contributed by atoms with E-state index < -0.39 is 29.3 Å². The lowest BCUT2D eigenvalue weighted by atomic mass is 10.2. The highest BCUT2D eigenvalue weighted by Gasteiger charge is 2.18. The number of carbonyl (C=O) groups excluding carboxylic acids is 1. The van der Waals surface area contributed by atoms with E-state index in [1.807, 2.05) is 0 Å². The van der Waals surface area contributed by atoms with Crippen LogP contribution in [0.15, 0.2) is 12.3 Å². The van der Waals surface area contributed by atoms with Crippen LogP contribution >= 0.6 is 0 Å². The van der Waals surface area contributed by atoms with Gasteiger partial charge in [0.05, 0.1) is 18.2 Å². The molecule has 2 N–H and O–H groups in total. The van der Waals surface area contributed by atoms with Gasteiger partial charge in [-0.2, -0.15) is 4.39 Å². The van der Waals surface area contributed by atoms with E-state index in [1.165, 1.54) is 0 Å². The van der Waals surface area contributed by atoms with Gasteiger partial charge in [-0.15, -0.1) is 0 Å². The maximum atomic E-state index is 13.1. The van der Waals surface area contributed by atoms with Crippen molar-refractivity contribution in [1.29, 1.82) is 0 Å². The van der Waals surface area contributed by atoms with Gasteiger partial charge in [-0.3, -0.25) is 4.79 Å². The summed E-state index contributed by atoms with van der Waals surface area (Å²) in [6, 6.07) is 0.612. The Morgan fingerprint density at radius 1 is 1.62 bits per heavy atom. The summed E-state index contributed by atoms with van der Waals surface area (Å²) in [5.74, 6) is -3.36. The number of amides is 1. The Hall–Kier alpha value is -1.56. The van der Waals surface area contributed by atoms with Crippen LogP contribution in [0.3, 0.4) is 0 Å². The number of hydrogen-bond donors (Lipinski definition) is 2. The summed E-state index contributed by atoms with van der Waals surface area (Å²) < 4.78 is 25.9. The van der Waals surface area contributed by atoms with Crippen molar-refractivity contribution in [1.82, 2.24) is 10.3 Å². The predicted molar refractivity (Wildman–Crippen MR) is 52.8 cm³/mol. The molecule has 16 heavy (non-hydrogen) atoms. The molecule has 0 aliphatic heterocycles. The second-order valence-corrected chi connectivity index (χ2v) is 3.22. The number of aliphatic hydroxyl groups is 1. The molecule has 1 rings (SSSR count). The van der Waals surface area contributed by atoms with Crippen molar-refractivity contribution in [3.8, 4) is 0 Å². The van der Waals surface area contributed by atoms with E-state index in [2.05, 4.69) is 10.3 Å². The Morgan fingerprint density at radius 2 is 2.31 bits per heavy atom. The quantitative estimate of drug-likeness (QED) is 0.754. The maximum Gasteiger partial charge on any atom is 0.254 e. The molecule has 0 aromatic carbocycles. The summed E-state index contributed by atoms with van der Waals surface area (Å²) in [6.07, 6.45) is 1.50. The molecular weight excluding hydrogens is 218 g/mol. The maximum absolute atomic E-state index is 13.1. The van der Waals surface area contributed by atoms with E-state index in [9.17, 15) is 13.6 Å². The number of pyridine rings is 1. The Labute approximate surface area is 91.3 Å². The highest BCUT2D eigenvalue weighted by Crippen LogP contribution is 2.09. The molecule has 0 aliphatic carbocycles. The molecule has 0 aliphatic rings. The minimum atomic E-state index is -1.32. The van der Waals surface area contributed by atoms with Gasteiger partial charge >= 0.3 is 0 Å². The lowest BCUT2D eigenvalue weighted by Gasteiger charge is -2.14. The van der Waals surface area contributed by atoms with E-state index in [0.29, 0.717) is 6.42 Å². The number of rotatable bonds is 4. The lowest BCUT2D eigenvalue weighted by molar-refractivity contribution is 0.0909. The zero-order valence-electron chi connectivity index (χ0n) is 8.70. The molecule has 0 spiro atoms. The van der Waals surface area contributed by atoms with Crippen LogP contribution in [0, 0.1) is 11.8 Å². The van der Waals surface area contributed by atoms with E-state index in [1.54, 1.807) is 6.92 Å². The molecule has 1 atom stereocenters. The first-order valence-electron chi connectivity index (χ1n) is 4.81. The second-order valence-electron chi connectivity index (χ2n) is 3.22. The highest BCUT2D eigenvalue weighted by molar-refractivity contribution is 5.94. The first kappa shape index (κ1) is 12.5. The number of nitrogens with zero attached hydrogens (tertiary/aromatic N) is 1. The Balaban J connectivity index is 2.84. The van der Waals surface area contributed by atoms with E-state index in [4.69, 9.17) is 5.11 Å². The van der Waals surface area contributed by atoms with E-state index >= 15 is 0 Å². The number of nitrogens with one attached hydrogen (secondary N) is 1. The fraction of sp³-hybridized carbons (Fsp3) is 0.400. The molecular formula is C10H12F2N2O2. The third-order valence-corrected chi connectivity index (χ3v) is 2.14. The lowest BCUT2D eigenvalue weighted by Crippen LogP contribution is -2.37. The third-order valence-electron chi connectivity index (χ3n) is 2.14. The summed E-state index contributed by atoms with van der Waals surface area (Å²) in [7, 11) is 0. The predicted octanol–water partition coefficient (Wildman–Crippen LogP) is 0.861.